The Labute approximate surface area is 106 Å². The van der Waals surface area contributed by atoms with Crippen LogP contribution in [-0.2, 0) is 4.79 Å². The number of benzene rings is 1. The maximum atomic E-state index is 10.9. The van der Waals surface area contributed by atoms with Gasteiger partial charge in [-0.1, -0.05) is 33.2 Å². The van der Waals surface area contributed by atoms with Crippen molar-refractivity contribution >= 4 is 21.9 Å². The van der Waals surface area contributed by atoms with Crippen LogP contribution in [0.5, 0.6) is 5.75 Å². The third-order valence-corrected chi connectivity index (χ3v) is 3.04. The number of carbonyl (C=O) groups is 1. The van der Waals surface area contributed by atoms with Gasteiger partial charge in [-0.15, -0.1) is 0 Å². The Hall–Kier alpha value is -1.72. The molecule has 0 radical (unpaired) electrons. The maximum Gasteiger partial charge on any atom is 0.318 e. The van der Waals surface area contributed by atoms with Gasteiger partial charge in [0.1, 0.15) is 10.6 Å². The second kappa shape index (κ2) is 6.12. The molecule has 0 amide bonds. The number of aliphatic carboxylic acids is 1. The minimum atomic E-state index is -1.08. The normalized spacial score (nSPS) is 13.3. The molecule has 1 N–H and O–H groups in total. The number of rotatable bonds is 5. The van der Waals surface area contributed by atoms with E-state index in [4.69, 9.17) is 15.4 Å². The highest BCUT2D eigenvalue weighted by Gasteiger charge is 2.25. The molecule has 1 rings (SSSR count). The summed E-state index contributed by atoms with van der Waals surface area (Å²) in [6, 6.07) is 5.88. The van der Waals surface area contributed by atoms with Crippen LogP contribution in [0, 0.1) is 0 Å². The van der Waals surface area contributed by atoms with E-state index in [-0.39, 0.29) is 0 Å². The smallest absolute Gasteiger partial charge is 0.318 e. The second-order valence-corrected chi connectivity index (χ2v) is 4.15. The molecule has 0 aliphatic carbocycles. The Bertz CT molecular complexity index is 443. The third kappa shape index (κ3) is 3.37. The quantitative estimate of drug-likeness (QED) is 0.392. The van der Waals surface area contributed by atoms with Gasteiger partial charge in [-0.25, -0.2) is 0 Å². The summed E-state index contributed by atoms with van der Waals surface area (Å²) in [5, 5.41) is 12.4. The van der Waals surface area contributed by atoms with Crippen LogP contribution < -0.4 is 4.74 Å². The van der Waals surface area contributed by atoms with Gasteiger partial charge in [-0.2, -0.15) is 0 Å². The van der Waals surface area contributed by atoms with Gasteiger partial charge in [0.15, 0.2) is 0 Å². The molecule has 0 aliphatic heterocycles. The molecule has 0 aromatic heterocycles. The summed E-state index contributed by atoms with van der Waals surface area (Å²) in [5.74, 6) is -0.437. The lowest BCUT2D eigenvalue weighted by atomic mass is 10.0. The number of alkyl halides is 1. The maximum absolute atomic E-state index is 10.9. The molecule has 1 aromatic carbocycles. The zero-order valence-electron chi connectivity index (χ0n) is 8.95. The topological polar surface area (TPSA) is 95.3 Å². The van der Waals surface area contributed by atoms with Crippen molar-refractivity contribution in [1.82, 2.24) is 0 Å². The van der Waals surface area contributed by atoms with E-state index in [0.717, 1.165) is 0 Å². The number of methoxy groups -OCH3 is 1. The summed E-state index contributed by atoms with van der Waals surface area (Å²) in [6.07, 6.45) is 0. The van der Waals surface area contributed by atoms with E-state index in [2.05, 4.69) is 26.0 Å². The number of azide groups is 1. The fourth-order valence-electron chi connectivity index (χ4n) is 1.29. The van der Waals surface area contributed by atoms with Crippen LogP contribution >= 0.6 is 15.9 Å². The fourth-order valence-corrected chi connectivity index (χ4v) is 1.70. The van der Waals surface area contributed by atoms with Crippen molar-refractivity contribution in [1.29, 1.82) is 0 Å². The first-order valence-electron chi connectivity index (χ1n) is 4.65. The highest BCUT2D eigenvalue weighted by molar-refractivity contribution is 9.10. The fraction of sp³-hybridized carbons (Fsp3) is 0.300. The molecule has 0 unspecified atom stereocenters. The van der Waals surface area contributed by atoms with Crippen LogP contribution in [0.15, 0.2) is 29.4 Å². The van der Waals surface area contributed by atoms with E-state index < -0.39 is 16.8 Å². The Kier molecular flexibility index (Phi) is 4.81. The number of carboxylic acid groups (broad SMARTS) is 1. The van der Waals surface area contributed by atoms with Crippen molar-refractivity contribution < 1.29 is 14.6 Å². The molecule has 0 bridgehead atoms. The van der Waals surface area contributed by atoms with Crippen LogP contribution in [0.1, 0.15) is 11.6 Å². The minimum Gasteiger partial charge on any atom is -0.497 e. The number of hydrogen-bond donors (Lipinski definition) is 1. The molecule has 2 atom stereocenters. The summed E-state index contributed by atoms with van der Waals surface area (Å²) in [5.41, 5.74) is 9.05. The molecular weight excluding hydrogens is 290 g/mol. The van der Waals surface area contributed by atoms with Crippen molar-refractivity contribution in [2.45, 2.75) is 10.9 Å². The third-order valence-electron chi connectivity index (χ3n) is 2.15. The second-order valence-electron chi connectivity index (χ2n) is 3.16. The first kappa shape index (κ1) is 13.3. The van der Waals surface area contributed by atoms with Gasteiger partial charge in [0.05, 0.1) is 13.2 Å². The average molecular weight is 300 g/mol. The predicted octanol–water partition coefficient (Wildman–Crippen LogP) is 2.89. The number of hydrogen-bond acceptors (Lipinski definition) is 3. The summed E-state index contributed by atoms with van der Waals surface area (Å²) in [7, 11) is 1.53. The standard InChI is InChI=1S/C10H10BrN3O3/c1-17-7-4-2-6(3-5-7)9(13-14-12)8(11)10(15)16/h2-5,8-9H,1H3,(H,15,16)/t8-,9-/m1/s1. The first-order valence-corrected chi connectivity index (χ1v) is 5.56. The van der Waals surface area contributed by atoms with Crippen molar-refractivity contribution in [2.75, 3.05) is 7.11 Å². The van der Waals surface area contributed by atoms with E-state index in [1.165, 1.54) is 7.11 Å². The first-order chi connectivity index (χ1) is 8.10. The molecule has 1 aromatic rings. The van der Waals surface area contributed by atoms with E-state index in [9.17, 15) is 4.79 Å². The zero-order valence-corrected chi connectivity index (χ0v) is 10.5. The minimum absolute atomic E-state index is 0.605. The molecule has 7 heteroatoms. The van der Waals surface area contributed by atoms with E-state index in [1.54, 1.807) is 24.3 Å². The van der Waals surface area contributed by atoms with Crippen molar-refractivity contribution in [3.05, 3.63) is 40.3 Å². The van der Waals surface area contributed by atoms with Crippen molar-refractivity contribution in [3.63, 3.8) is 0 Å². The molecular formula is C10H10BrN3O3. The van der Waals surface area contributed by atoms with E-state index in [0.29, 0.717) is 11.3 Å². The molecule has 0 saturated carbocycles. The van der Waals surface area contributed by atoms with Gasteiger partial charge in [-0.05, 0) is 23.2 Å². The van der Waals surface area contributed by atoms with Crippen LogP contribution in [0.2, 0.25) is 0 Å². The SMILES string of the molecule is COc1ccc([C@@H](N=[N+]=[N-])[C@@H](Br)C(=O)O)cc1. The molecule has 0 saturated heterocycles. The van der Waals surface area contributed by atoms with Gasteiger partial charge in [0.25, 0.3) is 0 Å². The van der Waals surface area contributed by atoms with Crippen LogP contribution in [0.4, 0.5) is 0 Å². The number of nitrogens with zero attached hydrogens (tertiary/aromatic N) is 3. The Morgan fingerprint density at radius 1 is 1.53 bits per heavy atom. The largest absolute Gasteiger partial charge is 0.497 e. The Morgan fingerprint density at radius 2 is 2.12 bits per heavy atom. The Balaban J connectivity index is 3.05. The zero-order chi connectivity index (χ0) is 12.8. The van der Waals surface area contributed by atoms with E-state index in [1.807, 2.05) is 0 Å². The Morgan fingerprint density at radius 3 is 2.53 bits per heavy atom. The summed E-state index contributed by atoms with van der Waals surface area (Å²) in [4.78, 5) is 12.6. The molecule has 6 nitrogen and oxygen atoms in total. The lowest BCUT2D eigenvalue weighted by Crippen LogP contribution is -2.20. The lowest BCUT2D eigenvalue weighted by Gasteiger charge is -2.14. The molecule has 90 valence electrons. The van der Waals surface area contributed by atoms with Crippen molar-refractivity contribution in [2.24, 2.45) is 5.11 Å². The number of carboxylic acids is 1. The van der Waals surface area contributed by atoms with Crippen LogP contribution in [-0.4, -0.2) is 23.0 Å². The molecule has 17 heavy (non-hydrogen) atoms. The molecule has 0 fully saturated rings. The van der Waals surface area contributed by atoms with Gasteiger partial charge in [0, 0.05) is 4.91 Å². The van der Waals surface area contributed by atoms with Crippen LogP contribution in [0.25, 0.3) is 10.4 Å². The van der Waals surface area contributed by atoms with Gasteiger partial charge >= 0.3 is 5.97 Å². The molecule has 0 heterocycles. The number of halogens is 1. The summed E-state index contributed by atoms with van der Waals surface area (Å²) < 4.78 is 4.99. The van der Waals surface area contributed by atoms with Gasteiger partial charge in [0.2, 0.25) is 0 Å². The predicted molar refractivity (Wildman–Crippen MR) is 65.2 cm³/mol. The summed E-state index contributed by atoms with van der Waals surface area (Å²) >= 11 is 2.99. The number of ether oxygens (including phenoxy) is 1. The van der Waals surface area contributed by atoms with Gasteiger partial charge < -0.3 is 9.84 Å². The monoisotopic (exact) mass is 299 g/mol. The summed E-state index contributed by atoms with van der Waals surface area (Å²) in [6.45, 7) is 0. The lowest BCUT2D eigenvalue weighted by molar-refractivity contribution is -0.136. The highest BCUT2D eigenvalue weighted by atomic mass is 79.9. The van der Waals surface area contributed by atoms with Crippen molar-refractivity contribution in [3.8, 4) is 5.75 Å². The molecule has 0 aliphatic rings. The highest BCUT2D eigenvalue weighted by Crippen LogP contribution is 2.28. The van der Waals surface area contributed by atoms with E-state index >= 15 is 0 Å². The van der Waals surface area contributed by atoms with Gasteiger partial charge in [-0.3, -0.25) is 4.79 Å². The molecule has 0 spiro atoms. The average Bonchev–Trinajstić information content (AvgIpc) is 2.35. The van der Waals surface area contributed by atoms with Crippen LogP contribution in [0.3, 0.4) is 0 Å².